The molecule has 17 heavy (non-hydrogen) atoms. The van der Waals surface area contributed by atoms with Crippen molar-refractivity contribution in [1.82, 2.24) is 0 Å². The normalized spacial score (nSPS) is 10.3. The maximum Gasteiger partial charge on any atom is 0.130 e. The van der Waals surface area contributed by atoms with E-state index in [2.05, 4.69) is 15.9 Å². The van der Waals surface area contributed by atoms with E-state index in [1.54, 1.807) is 12.1 Å². The lowest BCUT2D eigenvalue weighted by Crippen LogP contribution is -1.88. The Morgan fingerprint density at radius 3 is 2.65 bits per heavy atom. The molecule has 0 bridgehead atoms. The summed E-state index contributed by atoms with van der Waals surface area (Å²) in [5.41, 5.74) is 0.691. The van der Waals surface area contributed by atoms with Gasteiger partial charge in [0.05, 0.1) is 0 Å². The highest BCUT2D eigenvalue weighted by Crippen LogP contribution is 2.26. The van der Waals surface area contributed by atoms with Crippen molar-refractivity contribution in [3.05, 3.63) is 58.3 Å². The fourth-order valence-corrected chi connectivity index (χ4v) is 1.96. The van der Waals surface area contributed by atoms with Crippen molar-refractivity contribution in [3.8, 4) is 11.5 Å². The molecule has 88 valence electrons. The van der Waals surface area contributed by atoms with Gasteiger partial charge in [0.25, 0.3) is 0 Å². The lowest BCUT2D eigenvalue weighted by molar-refractivity contribution is 0.476. The van der Waals surface area contributed by atoms with Crippen LogP contribution in [0.3, 0.4) is 0 Å². The molecule has 0 aliphatic rings. The molecule has 0 saturated carbocycles. The van der Waals surface area contributed by atoms with Crippen molar-refractivity contribution in [2.45, 2.75) is 5.88 Å². The molecule has 2 aromatic carbocycles. The summed E-state index contributed by atoms with van der Waals surface area (Å²) in [6.07, 6.45) is 0. The molecular weight excluding hydrogens is 306 g/mol. The van der Waals surface area contributed by atoms with Crippen LogP contribution in [0, 0.1) is 5.82 Å². The standard InChI is InChI=1S/C13H9BrClFO/c14-10-2-1-3-12(6-10)17-13-5-9(8-15)4-11(16)7-13/h1-7H,8H2. The van der Waals surface area contributed by atoms with Crippen molar-refractivity contribution in [3.63, 3.8) is 0 Å². The van der Waals surface area contributed by atoms with Gasteiger partial charge in [-0.1, -0.05) is 22.0 Å². The molecular formula is C13H9BrClFO. The molecule has 0 amide bonds. The molecule has 0 fully saturated rings. The molecule has 0 N–H and O–H groups in total. The first-order valence-corrected chi connectivity index (χ1v) is 6.29. The van der Waals surface area contributed by atoms with Crippen molar-refractivity contribution in [1.29, 1.82) is 0 Å². The van der Waals surface area contributed by atoms with Gasteiger partial charge in [-0.3, -0.25) is 0 Å². The minimum atomic E-state index is -0.354. The van der Waals surface area contributed by atoms with E-state index in [1.165, 1.54) is 12.1 Å². The maximum atomic E-state index is 13.2. The van der Waals surface area contributed by atoms with Gasteiger partial charge in [-0.15, -0.1) is 11.6 Å². The first-order valence-electron chi connectivity index (χ1n) is 4.96. The summed E-state index contributed by atoms with van der Waals surface area (Å²) in [5.74, 6) is 0.990. The molecule has 0 aliphatic heterocycles. The average molecular weight is 316 g/mol. The molecule has 2 rings (SSSR count). The molecule has 0 radical (unpaired) electrons. The predicted octanol–water partition coefficient (Wildman–Crippen LogP) is 5.12. The van der Waals surface area contributed by atoms with Gasteiger partial charge in [-0.05, 0) is 35.9 Å². The summed E-state index contributed by atoms with van der Waals surface area (Å²) in [7, 11) is 0. The summed E-state index contributed by atoms with van der Waals surface area (Å²) in [5, 5.41) is 0. The second-order valence-electron chi connectivity index (χ2n) is 3.49. The number of benzene rings is 2. The lowest BCUT2D eigenvalue weighted by Gasteiger charge is -2.07. The van der Waals surface area contributed by atoms with Gasteiger partial charge in [0, 0.05) is 16.4 Å². The predicted molar refractivity (Wildman–Crippen MR) is 70.2 cm³/mol. The molecule has 0 saturated heterocycles. The molecule has 2 aromatic rings. The summed E-state index contributed by atoms with van der Waals surface area (Å²) in [6, 6.07) is 11.8. The Morgan fingerprint density at radius 2 is 1.94 bits per heavy atom. The van der Waals surface area contributed by atoms with Crippen LogP contribution in [0.2, 0.25) is 0 Å². The van der Waals surface area contributed by atoms with E-state index >= 15 is 0 Å². The first kappa shape index (κ1) is 12.4. The third-order valence-corrected chi connectivity index (χ3v) is 2.92. The van der Waals surface area contributed by atoms with Gasteiger partial charge < -0.3 is 4.74 Å². The summed E-state index contributed by atoms with van der Waals surface area (Å²) in [4.78, 5) is 0. The zero-order valence-corrected chi connectivity index (χ0v) is 11.1. The minimum Gasteiger partial charge on any atom is -0.457 e. The highest BCUT2D eigenvalue weighted by molar-refractivity contribution is 9.10. The number of rotatable bonds is 3. The average Bonchev–Trinajstić information content (AvgIpc) is 2.28. The van der Waals surface area contributed by atoms with Crippen molar-refractivity contribution >= 4 is 27.5 Å². The van der Waals surface area contributed by atoms with Gasteiger partial charge in [0.2, 0.25) is 0 Å². The number of alkyl halides is 1. The first-order chi connectivity index (χ1) is 8.17. The fourth-order valence-electron chi connectivity index (χ4n) is 1.42. The Morgan fingerprint density at radius 1 is 1.12 bits per heavy atom. The molecule has 4 heteroatoms. The quantitative estimate of drug-likeness (QED) is 0.714. The van der Waals surface area contributed by atoms with Crippen LogP contribution in [0.1, 0.15) is 5.56 Å². The van der Waals surface area contributed by atoms with Crippen molar-refractivity contribution < 1.29 is 9.13 Å². The summed E-state index contributed by atoms with van der Waals surface area (Å²) < 4.78 is 19.7. The molecule has 1 nitrogen and oxygen atoms in total. The Balaban J connectivity index is 2.26. The zero-order valence-electron chi connectivity index (χ0n) is 8.79. The van der Waals surface area contributed by atoms with Crippen LogP contribution >= 0.6 is 27.5 Å². The number of hydrogen-bond acceptors (Lipinski definition) is 1. The monoisotopic (exact) mass is 314 g/mol. The van der Waals surface area contributed by atoms with Crippen LogP contribution < -0.4 is 4.74 Å². The fraction of sp³-hybridized carbons (Fsp3) is 0.0769. The Labute approximate surface area is 112 Å². The largest absolute Gasteiger partial charge is 0.457 e. The van der Waals surface area contributed by atoms with Crippen LogP contribution in [-0.2, 0) is 5.88 Å². The number of ether oxygens (including phenoxy) is 1. The smallest absolute Gasteiger partial charge is 0.130 e. The summed E-state index contributed by atoms with van der Waals surface area (Å²) in [6.45, 7) is 0. The van der Waals surface area contributed by atoms with E-state index < -0.39 is 0 Å². The van der Waals surface area contributed by atoms with E-state index in [-0.39, 0.29) is 11.7 Å². The Bertz CT molecular complexity index is 531. The zero-order chi connectivity index (χ0) is 12.3. The Kier molecular flexibility index (Phi) is 4.02. The molecule has 0 heterocycles. The van der Waals surface area contributed by atoms with Gasteiger partial charge in [0.15, 0.2) is 0 Å². The summed E-state index contributed by atoms with van der Waals surface area (Å²) >= 11 is 9.01. The number of halogens is 3. The third kappa shape index (κ3) is 3.45. The van der Waals surface area contributed by atoms with Gasteiger partial charge in [0.1, 0.15) is 17.3 Å². The van der Waals surface area contributed by atoms with Crippen molar-refractivity contribution in [2.75, 3.05) is 0 Å². The topological polar surface area (TPSA) is 9.23 Å². The SMILES string of the molecule is Fc1cc(CCl)cc(Oc2cccc(Br)c2)c1. The third-order valence-electron chi connectivity index (χ3n) is 2.12. The van der Waals surface area contributed by atoms with E-state index in [0.29, 0.717) is 17.1 Å². The van der Waals surface area contributed by atoms with Gasteiger partial charge in [-0.25, -0.2) is 4.39 Å². The maximum absolute atomic E-state index is 13.2. The highest BCUT2D eigenvalue weighted by Gasteiger charge is 2.03. The van der Waals surface area contributed by atoms with Crippen LogP contribution in [0.5, 0.6) is 11.5 Å². The van der Waals surface area contributed by atoms with E-state index in [1.807, 2.05) is 18.2 Å². The van der Waals surface area contributed by atoms with E-state index in [0.717, 1.165) is 4.47 Å². The van der Waals surface area contributed by atoms with E-state index in [4.69, 9.17) is 16.3 Å². The van der Waals surface area contributed by atoms with Crippen LogP contribution in [-0.4, -0.2) is 0 Å². The van der Waals surface area contributed by atoms with Gasteiger partial charge in [-0.2, -0.15) is 0 Å². The Hall–Kier alpha value is -1.06. The van der Waals surface area contributed by atoms with E-state index in [9.17, 15) is 4.39 Å². The molecule has 0 unspecified atom stereocenters. The molecule has 0 atom stereocenters. The minimum absolute atomic E-state index is 0.257. The lowest BCUT2D eigenvalue weighted by atomic mass is 10.2. The second kappa shape index (κ2) is 5.52. The van der Waals surface area contributed by atoms with Crippen molar-refractivity contribution in [2.24, 2.45) is 0 Å². The van der Waals surface area contributed by atoms with Crippen LogP contribution in [0.25, 0.3) is 0 Å². The number of hydrogen-bond donors (Lipinski definition) is 0. The highest BCUT2D eigenvalue weighted by atomic mass is 79.9. The second-order valence-corrected chi connectivity index (χ2v) is 4.67. The molecule has 0 aromatic heterocycles. The van der Waals surface area contributed by atoms with Gasteiger partial charge >= 0.3 is 0 Å². The van der Waals surface area contributed by atoms with Crippen LogP contribution in [0.4, 0.5) is 4.39 Å². The molecule has 0 aliphatic carbocycles. The molecule has 0 spiro atoms. The van der Waals surface area contributed by atoms with Crippen LogP contribution in [0.15, 0.2) is 46.9 Å².